The highest BCUT2D eigenvalue weighted by Gasteiger charge is 2.20. The molecule has 1 aromatic heterocycles. The number of pyridine rings is 1. The predicted octanol–water partition coefficient (Wildman–Crippen LogP) is 2.12. The van der Waals surface area contributed by atoms with Gasteiger partial charge >= 0.3 is 5.97 Å². The van der Waals surface area contributed by atoms with Crippen molar-refractivity contribution < 1.29 is 27.4 Å². The minimum absolute atomic E-state index is 0.0825. The molecule has 2 rings (SSSR count). The number of hydrogen-bond acceptors (Lipinski definition) is 5. The van der Waals surface area contributed by atoms with Gasteiger partial charge in [0.1, 0.15) is 11.5 Å². The summed E-state index contributed by atoms with van der Waals surface area (Å²) in [6, 6.07) is 5.45. The number of nitrogens with zero attached hydrogens (tertiary/aromatic N) is 1. The van der Waals surface area contributed by atoms with Gasteiger partial charge in [-0.1, -0.05) is 0 Å². The minimum Gasteiger partial charge on any atom is -0.478 e. The Kier molecular flexibility index (Phi) is 4.80. The molecule has 1 aromatic carbocycles. The van der Waals surface area contributed by atoms with E-state index in [2.05, 4.69) is 9.71 Å². The summed E-state index contributed by atoms with van der Waals surface area (Å²) in [5.41, 5.74) is -0.639. The lowest BCUT2D eigenvalue weighted by molar-refractivity contribution is 0.0691. The minimum atomic E-state index is -4.13. The molecule has 0 atom stereocenters. The number of aromatic nitrogens is 1. The maximum Gasteiger partial charge on any atom is 0.338 e. The molecule has 0 radical (unpaired) electrons. The number of ether oxygens (including phenoxy) is 1. The van der Waals surface area contributed by atoms with Gasteiger partial charge in [-0.25, -0.2) is 22.6 Å². The van der Waals surface area contributed by atoms with Gasteiger partial charge in [-0.2, -0.15) is 0 Å². The van der Waals surface area contributed by atoms with E-state index >= 15 is 0 Å². The van der Waals surface area contributed by atoms with Crippen molar-refractivity contribution in [1.82, 2.24) is 4.98 Å². The molecule has 2 N–H and O–H groups in total. The van der Waals surface area contributed by atoms with Gasteiger partial charge in [-0.15, -0.1) is 0 Å². The van der Waals surface area contributed by atoms with Crippen molar-refractivity contribution in [3.8, 4) is 5.88 Å². The fraction of sp³-hybridized carbons (Fsp3) is 0.143. The van der Waals surface area contributed by atoms with Gasteiger partial charge in [0, 0.05) is 6.20 Å². The van der Waals surface area contributed by atoms with Crippen LogP contribution in [0.25, 0.3) is 0 Å². The number of carboxylic acid groups (broad SMARTS) is 1. The maximum absolute atomic E-state index is 13.4. The molecule has 2 aromatic rings. The summed E-state index contributed by atoms with van der Waals surface area (Å²) in [5.74, 6) is -2.50. The third kappa shape index (κ3) is 3.75. The molecule has 23 heavy (non-hydrogen) atoms. The van der Waals surface area contributed by atoms with Crippen molar-refractivity contribution in [3.63, 3.8) is 0 Å². The maximum atomic E-state index is 13.4. The fourth-order valence-corrected chi connectivity index (χ4v) is 2.84. The lowest BCUT2D eigenvalue weighted by atomic mass is 10.2. The molecule has 1 heterocycles. The van der Waals surface area contributed by atoms with Crippen molar-refractivity contribution in [2.24, 2.45) is 0 Å². The van der Waals surface area contributed by atoms with Gasteiger partial charge < -0.3 is 9.84 Å². The monoisotopic (exact) mass is 340 g/mol. The number of aromatic carboxylic acids is 1. The summed E-state index contributed by atoms with van der Waals surface area (Å²) in [5, 5.41) is 8.87. The molecule has 0 spiro atoms. The smallest absolute Gasteiger partial charge is 0.338 e. The lowest BCUT2D eigenvalue weighted by Crippen LogP contribution is -2.15. The van der Waals surface area contributed by atoms with Gasteiger partial charge in [0.05, 0.1) is 17.1 Å². The second-order valence-electron chi connectivity index (χ2n) is 4.34. The summed E-state index contributed by atoms with van der Waals surface area (Å²) in [4.78, 5) is 14.4. The number of hydrogen-bond donors (Lipinski definition) is 2. The second kappa shape index (κ2) is 6.61. The van der Waals surface area contributed by atoms with Crippen molar-refractivity contribution in [2.75, 3.05) is 11.3 Å². The third-order valence-corrected chi connectivity index (χ3v) is 4.14. The number of carboxylic acids is 1. The Morgan fingerprint density at radius 2 is 2.13 bits per heavy atom. The average Bonchev–Trinajstić information content (AvgIpc) is 2.49. The Morgan fingerprint density at radius 1 is 1.39 bits per heavy atom. The number of rotatable bonds is 6. The number of nitrogens with one attached hydrogen (secondary N) is 1. The molecule has 0 aliphatic heterocycles. The Balaban J connectivity index is 2.40. The predicted molar refractivity (Wildman–Crippen MR) is 79.6 cm³/mol. The van der Waals surface area contributed by atoms with Gasteiger partial charge in [0.2, 0.25) is 5.88 Å². The molecule has 0 saturated heterocycles. The van der Waals surface area contributed by atoms with Crippen LogP contribution in [0.3, 0.4) is 0 Å². The van der Waals surface area contributed by atoms with Gasteiger partial charge in [-0.05, 0) is 37.3 Å². The second-order valence-corrected chi connectivity index (χ2v) is 6.02. The normalized spacial score (nSPS) is 11.0. The van der Waals surface area contributed by atoms with Crippen LogP contribution < -0.4 is 9.46 Å². The van der Waals surface area contributed by atoms with E-state index in [1.54, 1.807) is 6.92 Å². The quantitative estimate of drug-likeness (QED) is 0.834. The highest BCUT2D eigenvalue weighted by molar-refractivity contribution is 7.92. The molecular weight excluding hydrogens is 327 g/mol. The van der Waals surface area contributed by atoms with Crippen molar-refractivity contribution in [1.29, 1.82) is 0 Å². The van der Waals surface area contributed by atoms with Gasteiger partial charge in [0.25, 0.3) is 10.0 Å². The van der Waals surface area contributed by atoms with Crippen LogP contribution in [0.4, 0.5) is 10.1 Å². The van der Waals surface area contributed by atoms with Crippen LogP contribution in [-0.2, 0) is 10.0 Å². The molecule has 0 aliphatic rings. The van der Waals surface area contributed by atoms with E-state index in [4.69, 9.17) is 9.84 Å². The molecule has 0 aliphatic carbocycles. The van der Waals surface area contributed by atoms with Crippen LogP contribution >= 0.6 is 0 Å². The Morgan fingerprint density at radius 3 is 2.78 bits per heavy atom. The van der Waals surface area contributed by atoms with E-state index in [-0.39, 0.29) is 23.1 Å². The fourth-order valence-electron chi connectivity index (χ4n) is 1.76. The zero-order chi connectivity index (χ0) is 17.0. The number of carbonyl (C=O) groups is 1. The van der Waals surface area contributed by atoms with E-state index in [9.17, 15) is 17.6 Å². The van der Waals surface area contributed by atoms with Crippen molar-refractivity contribution in [3.05, 3.63) is 47.9 Å². The van der Waals surface area contributed by atoms with E-state index < -0.39 is 27.4 Å². The summed E-state index contributed by atoms with van der Waals surface area (Å²) in [6.07, 6.45) is 1.43. The van der Waals surface area contributed by atoms with Gasteiger partial charge in [-0.3, -0.25) is 4.72 Å². The third-order valence-electron chi connectivity index (χ3n) is 2.78. The highest BCUT2D eigenvalue weighted by atomic mass is 32.2. The number of anilines is 1. The van der Waals surface area contributed by atoms with E-state index in [0.29, 0.717) is 0 Å². The van der Waals surface area contributed by atoms with Crippen LogP contribution in [0.5, 0.6) is 5.88 Å². The first-order valence-corrected chi connectivity index (χ1v) is 7.97. The largest absolute Gasteiger partial charge is 0.478 e. The molecule has 7 nitrogen and oxygen atoms in total. The summed E-state index contributed by atoms with van der Waals surface area (Å²) < 4.78 is 45.5. The van der Waals surface area contributed by atoms with Crippen LogP contribution in [-0.4, -0.2) is 31.1 Å². The molecule has 0 saturated carbocycles. The van der Waals surface area contributed by atoms with E-state index in [1.807, 2.05) is 0 Å². The molecule has 0 unspecified atom stereocenters. The van der Waals surface area contributed by atoms with Crippen LogP contribution in [0.2, 0.25) is 0 Å². The first kappa shape index (κ1) is 16.7. The van der Waals surface area contributed by atoms with Crippen LogP contribution in [0.15, 0.2) is 41.4 Å². The number of benzene rings is 1. The zero-order valence-electron chi connectivity index (χ0n) is 12.0. The Labute approximate surface area is 131 Å². The molecule has 0 fully saturated rings. The highest BCUT2D eigenvalue weighted by Crippen LogP contribution is 2.25. The summed E-state index contributed by atoms with van der Waals surface area (Å²) >= 11 is 0. The van der Waals surface area contributed by atoms with Crippen molar-refractivity contribution >= 4 is 21.7 Å². The Bertz CT molecular complexity index is 839. The zero-order valence-corrected chi connectivity index (χ0v) is 12.8. The topological polar surface area (TPSA) is 106 Å². The lowest BCUT2D eigenvalue weighted by Gasteiger charge is -2.12. The van der Waals surface area contributed by atoms with Gasteiger partial charge in [0.15, 0.2) is 0 Å². The first-order valence-electron chi connectivity index (χ1n) is 6.48. The van der Waals surface area contributed by atoms with Crippen molar-refractivity contribution in [2.45, 2.75) is 11.8 Å². The SMILES string of the molecule is CCOc1ncccc1NS(=O)(=O)c1ccc(F)c(C(=O)O)c1. The molecule has 9 heteroatoms. The van der Waals surface area contributed by atoms with Crippen LogP contribution in [0.1, 0.15) is 17.3 Å². The number of halogens is 1. The van der Waals surface area contributed by atoms with Crippen LogP contribution in [0, 0.1) is 5.82 Å². The molecule has 122 valence electrons. The molecule has 0 amide bonds. The Hall–Kier alpha value is -2.68. The summed E-state index contributed by atoms with van der Waals surface area (Å²) in [6.45, 7) is 2.00. The average molecular weight is 340 g/mol. The number of sulfonamides is 1. The molecule has 0 bridgehead atoms. The standard InChI is InChI=1S/C14H13FN2O5S/c1-2-22-13-12(4-3-7-16-13)17-23(20,21)9-5-6-11(15)10(8-9)14(18)19/h3-8,17H,2H2,1H3,(H,18,19). The van der Waals surface area contributed by atoms with E-state index in [0.717, 1.165) is 18.2 Å². The molecular formula is C14H13FN2O5S. The first-order chi connectivity index (χ1) is 10.8. The van der Waals surface area contributed by atoms with E-state index in [1.165, 1.54) is 18.3 Å². The summed E-state index contributed by atoms with van der Waals surface area (Å²) in [7, 11) is -4.13.